The van der Waals surface area contributed by atoms with Crippen LogP contribution in [0, 0.1) is 6.92 Å². The SMILES string of the molecule is Cc1nc(CN2CCN(C(=O)C3CSc4ccccc4O3)CC2)n[nH]1. The third-order valence-electron chi connectivity index (χ3n) is 4.48. The molecule has 0 bridgehead atoms. The number of rotatable bonds is 3. The van der Waals surface area contributed by atoms with Gasteiger partial charge in [-0.25, -0.2) is 4.98 Å². The first kappa shape index (κ1) is 16.4. The van der Waals surface area contributed by atoms with Crippen molar-refractivity contribution in [1.82, 2.24) is 25.0 Å². The number of carbonyl (C=O) groups is 1. The molecule has 1 fully saturated rings. The van der Waals surface area contributed by atoms with Crippen LogP contribution in [0.3, 0.4) is 0 Å². The molecule has 1 atom stereocenters. The van der Waals surface area contributed by atoms with E-state index in [0.717, 1.165) is 41.9 Å². The van der Waals surface area contributed by atoms with Gasteiger partial charge in [0.05, 0.1) is 6.54 Å². The minimum absolute atomic E-state index is 0.0930. The fourth-order valence-electron chi connectivity index (χ4n) is 3.13. The summed E-state index contributed by atoms with van der Waals surface area (Å²) in [4.78, 5) is 22.4. The summed E-state index contributed by atoms with van der Waals surface area (Å²) in [5, 5.41) is 7.04. The molecule has 8 heteroatoms. The van der Waals surface area contributed by atoms with Gasteiger partial charge >= 0.3 is 0 Å². The number of thioether (sulfide) groups is 1. The van der Waals surface area contributed by atoms with Crippen molar-refractivity contribution in [3.8, 4) is 5.75 Å². The molecule has 1 aromatic heterocycles. The molecule has 1 N–H and O–H groups in total. The lowest BCUT2D eigenvalue weighted by atomic mass is 10.2. The Balaban J connectivity index is 1.31. The van der Waals surface area contributed by atoms with Gasteiger partial charge in [-0.2, -0.15) is 5.10 Å². The van der Waals surface area contributed by atoms with E-state index in [2.05, 4.69) is 20.1 Å². The highest BCUT2D eigenvalue weighted by molar-refractivity contribution is 7.99. The number of aromatic amines is 1. The summed E-state index contributed by atoms with van der Waals surface area (Å²) in [6.07, 6.45) is -0.387. The third-order valence-corrected chi connectivity index (χ3v) is 5.59. The monoisotopic (exact) mass is 359 g/mol. The number of hydrogen-bond acceptors (Lipinski definition) is 6. The number of amides is 1. The van der Waals surface area contributed by atoms with Crippen molar-refractivity contribution in [2.75, 3.05) is 31.9 Å². The molecule has 0 radical (unpaired) electrons. The van der Waals surface area contributed by atoms with Crippen LogP contribution in [-0.4, -0.2) is 68.9 Å². The molecule has 1 unspecified atom stereocenters. The van der Waals surface area contributed by atoms with E-state index in [1.54, 1.807) is 11.8 Å². The zero-order valence-corrected chi connectivity index (χ0v) is 15.0. The smallest absolute Gasteiger partial charge is 0.264 e. The normalized spacial score (nSPS) is 20.8. The number of nitrogens with one attached hydrogen (secondary N) is 1. The summed E-state index contributed by atoms with van der Waals surface area (Å²) in [6.45, 7) is 5.71. The van der Waals surface area contributed by atoms with Crippen molar-refractivity contribution in [1.29, 1.82) is 0 Å². The highest BCUT2D eigenvalue weighted by Crippen LogP contribution is 2.35. The first-order valence-electron chi connectivity index (χ1n) is 8.46. The van der Waals surface area contributed by atoms with Gasteiger partial charge in [0.25, 0.3) is 5.91 Å². The predicted octanol–water partition coefficient (Wildman–Crippen LogP) is 1.31. The quantitative estimate of drug-likeness (QED) is 0.891. The maximum atomic E-state index is 12.8. The van der Waals surface area contributed by atoms with Crippen molar-refractivity contribution in [2.24, 2.45) is 0 Å². The molecular formula is C17H21N5O2S. The van der Waals surface area contributed by atoms with Crippen LogP contribution < -0.4 is 4.74 Å². The van der Waals surface area contributed by atoms with Crippen LogP contribution in [0.1, 0.15) is 11.6 Å². The minimum Gasteiger partial charge on any atom is -0.479 e. The van der Waals surface area contributed by atoms with Crippen LogP contribution in [0.15, 0.2) is 29.2 Å². The standard InChI is InChI=1S/C17H21N5O2S/c1-12-18-16(20-19-12)10-21-6-8-22(9-7-21)17(23)14-11-25-15-5-3-2-4-13(15)24-14/h2-5,14H,6-11H2,1H3,(H,18,19,20). The summed E-state index contributed by atoms with van der Waals surface area (Å²) < 4.78 is 5.92. The van der Waals surface area contributed by atoms with Crippen LogP contribution in [0.25, 0.3) is 0 Å². The Morgan fingerprint density at radius 3 is 2.88 bits per heavy atom. The number of piperazine rings is 1. The van der Waals surface area contributed by atoms with Crippen LogP contribution >= 0.6 is 11.8 Å². The van der Waals surface area contributed by atoms with Crippen LogP contribution in [0.5, 0.6) is 5.75 Å². The molecule has 2 aromatic rings. The second-order valence-electron chi connectivity index (χ2n) is 6.30. The number of H-pyrrole nitrogens is 1. The van der Waals surface area contributed by atoms with Crippen molar-refractivity contribution < 1.29 is 9.53 Å². The Morgan fingerprint density at radius 2 is 2.12 bits per heavy atom. The minimum atomic E-state index is -0.387. The van der Waals surface area contributed by atoms with E-state index in [4.69, 9.17) is 4.74 Å². The summed E-state index contributed by atoms with van der Waals surface area (Å²) in [5.74, 6) is 3.22. The summed E-state index contributed by atoms with van der Waals surface area (Å²) in [7, 11) is 0. The average Bonchev–Trinajstić information content (AvgIpc) is 3.06. The Hall–Kier alpha value is -2.06. The molecule has 3 heterocycles. The molecule has 1 amide bonds. The van der Waals surface area contributed by atoms with Crippen LogP contribution in [-0.2, 0) is 11.3 Å². The zero-order valence-electron chi connectivity index (χ0n) is 14.1. The Morgan fingerprint density at radius 1 is 1.32 bits per heavy atom. The molecular weight excluding hydrogens is 338 g/mol. The Labute approximate surface area is 150 Å². The first-order chi connectivity index (χ1) is 12.2. The molecule has 1 aromatic carbocycles. The summed E-state index contributed by atoms with van der Waals surface area (Å²) in [5.41, 5.74) is 0. The third kappa shape index (κ3) is 3.64. The van der Waals surface area contributed by atoms with Gasteiger partial charge in [-0.3, -0.25) is 14.8 Å². The second-order valence-corrected chi connectivity index (χ2v) is 7.36. The van der Waals surface area contributed by atoms with Gasteiger partial charge in [0.15, 0.2) is 11.9 Å². The number of benzene rings is 1. The second kappa shape index (κ2) is 7.05. The maximum absolute atomic E-state index is 12.8. The number of fused-ring (bicyclic) bond motifs is 1. The molecule has 7 nitrogen and oxygen atoms in total. The number of aromatic nitrogens is 3. The number of carbonyl (C=O) groups excluding carboxylic acids is 1. The van der Waals surface area contributed by atoms with E-state index in [-0.39, 0.29) is 12.0 Å². The molecule has 25 heavy (non-hydrogen) atoms. The van der Waals surface area contributed by atoms with Gasteiger partial charge in [-0.05, 0) is 19.1 Å². The van der Waals surface area contributed by atoms with Crippen LogP contribution in [0.4, 0.5) is 0 Å². The van der Waals surface area contributed by atoms with Crippen molar-refractivity contribution in [3.05, 3.63) is 35.9 Å². The van der Waals surface area contributed by atoms with Crippen molar-refractivity contribution >= 4 is 17.7 Å². The lowest BCUT2D eigenvalue weighted by molar-refractivity contribution is -0.139. The van der Waals surface area contributed by atoms with Crippen molar-refractivity contribution in [2.45, 2.75) is 24.5 Å². The van der Waals surface area contributed by atoms with E-state index in [9.17, 15) is 4.79 Å². The molecule has 0 saturated carbocycles. The van der Waals surface area contributed by atoms with E-state index >= 15 is 0 Å². The Bertz CT molecular complexity index is 757. The molecule has 0 spiro atoms. The lowest BCUT2D eigenvalue weighted by Crippen LogP contribution is -2.53. The highest BCUT2D eigenvalue weighted by atomic mass is 32.2. The zero-order chi connectivity index (χ0) is 17.2. The number of aryl methyl sites for hydroxylation is 1. The summed E-state index contributed by atoms with van der Waals surface area (Å²) >= 11 is 1.69. The molecule has 4 rings (SSSR count). The van der Waals surface area contributed by atoms with Crippen molar-refractivity contribution in [3.63, 3.8) is 0 Å². The molecule has 2 aliphatic rings. The van der Waals surface area contributed by atoms with Crippen LogP contribution in [0.2, 0.25) is 0 Å². The van der Waals surface area contributed by atoms with E-state index < -0.39 is 0 Å². The predicted molar refractivity (Wildman–Crippen MR) is 94.6 cm³/mol. The Kier molecular flexibility index (Phi) is 4.63. The summed E-state index contributed by atoms with van der Waals surface area (Å²) in [6, 6.07) is 7.89. The molecule has 1 saturated heterocycles. The van der Waals surface area contributed by atoms with E-state index in [1.165, 1.54) is 0 Å². The first-order valence-corrected chi connectivity index (χ1v) is 9.45. The van der Waals surface area contributed by atoms with Gasteiger partial charge in [0, 0.05) is 36.8 Å². The van der Waals surface area contributed by atoms with Gasteiger partial charge in [0.2, 0.25) is 0 Å². The number of ether oxygens (including phenoxy) is 1. The molecule has 132 valence electrons. The van der Waals surface area contributed by atoms with Gasteiger partial charge in [0.1, 0.15) is 11.6 Å². The van der Waals surface area contributed by atoms with Gasteiger partial charge in [-0.15, -0.1) is 11.8 Å². The van der Waals surface area contributed by atoms with E-state index in [1.807, 2.05) is 36.1 Å². The average molecular weight is 359 g/mol. The fourth-order valence-corrected chi connectivity index (χ4v) is 4.11. The molecule has 0 aliphatic carbocycles. The van der Waals surface area contributed by atoms with E-state index in [0.29, 0.717) is 18.8 Å². The maximum Gasteiger partial charge on any atom is 0.264 e. The molecule has 2 aliphatic heterocycles. The topological polar surface area (TPSA) is 74.3 Å². The fraction of sp³-hybridized carbons (Fsp3) is 0.471. The lowest BCUT2D eigenvalue weighted by Gasteiger charge is -2.36. The number of nitrogens with zero attached hydrogens (tertiary/aromatic N) is 4. The number of para-hydroxylation sites is 1. The highest BCUT2D eigenvalue weighted by Gasteiger charge is 2.32. The van der Waals surface area contributed by atoms with Gasteiger partial charge < -0.3 is 9.64 Å². The van der Waals surface area contributed by atoms with Gasteiger partial charge in [-0.1, -0.05) is 12.1 Å². The largest absolute Gasteiger partial charge is 0.479 e. The number of hydrogen-bond donors (Lipinski definition) is 1.